The van der Waals surface area contributed by atoms with Gasteiger partial charge < -0.3 is 9.64 Å². The Kier molecular flexibility index (Phi) is 4.78. The van der Waals surface area contributed by atoms with Crippen molar-refractivity contribution >= 4 is 25.6 Å². The van der Waals surface area contributed by atoms with Crippen LogP contribution in [0.1, 0.15) is 18.9 Å². The van der Waals surface area contributed by atoms with Crippen LogP contribution >= 0.6 is 10.7 Å². The SMILES string of the molecule is Cc1ccccc1OCC(C)N1CC(S(=O)(=O)Cl)CC1=O. The Balaban J connectivity index is 1.97. The number of benzene rings is 1. The predicted molar refractivity (Wildman–Crippen MR) is 81.0 cm³/mol. The van der Waals surface area contributed by atoms with Crippen molar-refractivity contribution in [2.75, 3.05) is 13.2 Å². The summed E-state index contributed by atoms with van der Waals surface area (Å²) in [5, 5.41) is -0.826. The molecule has 0 radical (unpaired) electrons. The Morgan fingerprint density at radius 3 is 2.67 bits per heavy atom. The van der Waals surface area contributed by atoms with Gasteiger partial charge >= 0.3 is 0 Å². The molecule has 0 saturated carbocycles. The molecule has 0 bridgehead atoms. The minimum atomic E-state index is -3.71. The van der Waals surface area contributed by atoms with Crippen molar-refractivity contribution in [1.29, 1.82) is 0 Å². The number of ether oxygens (including phenoxy) is 1. The average Bonchev–Trinajstić information content (AvgIpc) is 2.80. The van der Waals surface area contributed by atoms with Gasteiger partial charge in [-0.25, -0.2) is 8.42 Å². The fourth-order valence-electron chi connectivity index (χ4n) is 2.33. The second kappa shape index (κ2) is 6.23. The molecule has 1 saturated heterocycles. The average molecular weight is 332 g/mol. The zero-order valence-corrected chi connectivity index (χ0v) is 13.5. The molecule has 2 rings (SSSR count). The number of rotatable bonds is 5. The summed E-state index contributed by atoms with van der Waals surface area (Å²) in [6.45, 7) is 4.21. The van der Waals surface area contributed by atoms with E-state index >= 15 is 0 Å². The number of halogens is 1. The summed E-state index contributed by atoms with van der Waals surface area (Å²) in [4.78, 5) is 13.4. The molecule has 1 fully saturated rings. The second-order valence-corrected chi connectivity index (χ2v) is 8.18. The molecule has 7 heteroatoms. The molecule has 116 valence electrons. The number of amides is 1. The van der Waals surface area contributed by atoms with Gasteiger partial charge in [0.2, 0.25) is 15.0 Å². The molecule has 0 aliphatic carbocycles. The molecule has 0 N–H and O–H groups in total. The Morgan fingerprint density at radius 2 is 2.10 bits per heavy atom. The Hall–Kier alpha value is -1.27. The minimum absolute atomic E-state index is 0.0550. The first-order valence-electron chi connectivity index (χ1n) is 6.70. The quantitative estimate of drug-likeness (QED) is 0.773. The maximum atomic E-state index is 11.9. The van der Waals surface area contributed by atoms with Crippen molar-refractivity contribution in [3.63, 3.8) is 0 Å². The van der Waals surface area contributed by atoms with Crippen LogP contribution in [0.5, 0.6) is 5.75 Å². The highest BCUT2D eigenvalue weighted by molar-refractivity contribution is 8.14. The van der Waals surface area contributed by atoms with Crippen LogP contribution in [0.2, 0.25) is 0 Å². The van der Waals surface area contributed by atoms with Crippen LogP contribution in [0.25, 0.3) is 0 Å². The van der Waals surface area contributed by atoms with Gasteiger partial charge in [-0.05, 0) is 25.5 Å². The first-order chi connectivity index (χ1) is 9.79. The van der Waals surface area contributed by atoms with Crippen LogP contribution in [0, 0.1) is 6.92 Å². The van der Waals surface area contributed by atoms with E-state index in [1.807, 2.05) is 38.1 Å². The Morgan fingerprint density at radius 1 is 1.43 bits per heavy atom. The monoisotopic (exact) mass is 331 g/mol. The number of hydrogen-bond acceptors (Lipinski definition) is 4. The lowest BCUT2D eigenvalue weighted by molar-refractivity contribution is -0.129. The van der Waals surface area contributed by atoms with Gasteiger partial charge in [0.15, 0.2) is 0 Å². The third-order valence-corrected chi connectivity index (χ3v) is 5.49. The molecule has 1 aromatic carbocycles. The fraction of sp³-hybridized carbons (Fsp3) is 0.500. The second-order valence-electron chi connectivity index (χ2n) is 5.27. The Bertz CT molecular complexity index is 632. The van der Waals surface area contributed by atoms with E-state index in [1.54, 1.807) is 0 Å². The lowest BCUT2D eigenvalue weighted by Crippen LogP contribution is -2.39. The van der Waals surface area contributed by atoms with Crippen molar-refractivity contribution in [2.24, 2.45) is 0 Å². The molecule has 1 heterocycles. The van der Waals surface area contributed by atoms with Gasteiger partial charge in [0.25, 0.3) is 0 Å². The van der Waals surface area contributed by atoms with E-state index in [4.69, 9.17) is 15.4 Å². The zero-order valence-electron chi connectivity index (χ0n) is 12.0. The largest absolute Gasteiger partial charge is 0.491 e. The summed E-state index contributed by atoms with van der Waals surface area (Å²) in [6.07, 6.45) is -0.0550. The van der Waals surface area contributed by atoms with E-state index in [1.165, 1.54) is 4.90 Å². The molecule has 21 heavy (non-hydrogen) atoms. The van der Waals surface area contributed by atoms with E-state index in [9.17, 15) is 13.2 Å². The topological polar surface area (TPSA) is 63.7 Å². The van der Waals surface area contributed by atoms with Gasteiger partial charge in [-0.3, -0.25) is 4.79 Å². The third kappa shape index (κ3) is 3.89. The molecule has 1 amide bonds. The summed E-state index contributed by atoms with van der Waals surface area (Å²) in [6, 6.07) is 7.40. The maximum Gasteiger partial charge on any atom is 0.237 e. The highest BCUT2D eigenvalue weighted by Crippen LogP contribution is 2.24. The van der Waals surface area contributed by atoms with E-state index in [0.717, 1.165) is 11.3 Å². The van der Waals surface area contributed by atoms with Gasteiger partial charge in [-0.1, -0.05) is 18.2 Å². The molecule has 1 aliphatic rings. The summed E-state index contributed by atoms with van der Waals surface area (Å²) < 4.78 is 28.4. The van der Waals surface area contributed by atoms with Crippen LogP contribution in [-0.4, -0.2) is 43.7 Å². The molecule has 0 spiro atoms. The molecule has 5 nitrogen and oxygen atoms in total. The van der Waals surface area contributed by atoms with E-state index in [-0.39, 0.29) is 24.9 Å². The molecular formula is C14H18ClNO4S. The van der Waals surface area contributed by atoms with Crippen LogP contribution in [-0.2, 0) is 13.8 Å². The first-order valence-corrected chi connectivity index (χ1v) is 9.07. The zero-order chi connectivity index (χ0) is 15.6. The third-order valence-electron chi connectivity index (χ3n) is 3.63. The van der Waals surface area contributed by atoms with Crippen LogP contribution < -0.4 is 4.74 Å². The summed E-state index contributed by atoms with van der Waals surface area (Å²) in [5.74, 6) is 0.558. The van der Waals surface area contributed by atoms with Gasteiger partial charge in [-0.15, -0.1) is 0 Å². The highest BCUT2D eigenvalue weighted by Gasteiger charge is 2.39. The molecule has 2 atom stereocenters. The standard InChI is InChI=1S/C14H18ClNO4S/c1-10-5-3-4-6-13(10)20-9-11(2)16-8-12(7-14(16)17)21(15,18)19/h3-6,11-12H,7-9H2,1-2H3. The minimum Gasteiger partial charge on any atom is -0.491 e. The van der Waals surface area contributed by atoms with Gasteiger partial charge in [-0.2, -0.15) is 0 Å². The summed E-state index contributed by atoms with van der Waals surface area (Å²) in [7, 11) is 1.62. The van der Waals surface area contributed by atoms with Crippen molar-refractivity contribution < 1.29 is 17.9 Å². The number of nitrogens with zero attached hydrogens (tertiary/aromatic N) is 1. The number of carbonyl (C=O) groups is 1. The maximum absolute atomic E-state index is 11.9. The fourth-order valence-corrected chi connectivity index (χ4v) is 3.37. The van der Waals surface area contributed by atoms with Crippen LogP contribution in [0.15, 0.2) is 24.3 Å². The Labute approximate surface area is 129 Å². The first kappa shape index (κ1) is 16.1. The number of carbonyl (C=O) groups excluding carboxylic acids is 1. The van der Waals surface area contributed by atoms with Crippen molar-refractivity contribution in [2.45, 2.75) is 31.6 Å². The van der Waals surface area contributed by atoms with E-state index in [0.29, 0.717) is 6.61 Å². The van der Waals surface area contributed by atoms with Crippen LogP contribution in [0.3, 0.4) is 0 Å². The number of likely N-dealkylation sites (tertiary alicyclic amines) is 1. The summed E-state index contributed by atoms with van der Waals surface area (Å²) in [5.41, 5.74) is 1.01. The highest BCUT2D eigenvalue weighted by atomic mass is 35.7. The predicted octanol–water partition coefficient (Wildman–Crippen LogP) is 1.93. The molecule has 1 aliphatic heterocycles. The van der Waals surface area contributed by atoms with Gasteiger partial charge in [0.05, 0.1) is 6.04 Å². The summed E-state index contributed by atoms with van der Waals surface area (Å²) >= 11 is 0. The van der Waals surface area contributed by atoms with Gasteiger partial charge in [0.1, 0.15) is 17.6 Å². The molecule has 1 aromatic rings. The van der Waals surface area contributed by atoms with Crippen molar-refractivity contribution in [3.8, 4) is 5.75 Å². The normalized spacial score (nSPS) is 20.6. The van der Waals surface area contributed by atoms with E-state index in [2.05, 4.69) is 0 Å². The van der Waals surface area contributed by atoms with Crippen LogP contribution in [0.4, 0.5) is 0 Å². The van der Waals surface area contributed by atoms with E-state index < -0.39 is 14.3 Å². The number of para-hydroxylation sites is 1. The number of aryl methyl sites for hydroxylation is 1. The van der Waals surface area contributed by atoms with Gasteiger partial charge in [0, 0.05) is 23.6 Å². The lowest BCUT2D eigenvalue weighted by Gasteiger charge is -2.25. The molecular weight excluding hydrogens is 314 g/mol. The smallest absolute Gasteiger partial charge is 0.237 e. The molecule has 2 unspecified atom stereocenters. The molecule has 0 aromatic heterocycles. The van der Waals surface area contributed by atoms with Crippen molar-refractivity contribution in [3.05, 3.63) is 29.8 Å². The lowest BCUT2D eigenvalue weighted by atomic mass is 10.2. The van der Waals surface area contributed by atoms with Crippen molar-refractivity contribution in [1.82, 2.24) is 4.90 Å². The number of hydrogen-bond donors (Lipinski definition) is 0.